The van der Waals surface area contributed by atoms with Gasteiger partial charge in [0.25, 0.3) is 0 Å². The maximum Gasteiger partial charge on any atom is 0.199 e. The summed E-state index contributed by atoms with van der Waals surface area (Å²) in [5, 5.41) is 4.79. The highest BCUT2D eigenvalue weighted by Crippen LogP contribution is 2.23. The van der Waals surface area contributed by atoms with E-state index in [2.05, 4.69) is 47.4 Å². The zero-order valence-corrected chi connectivity index (χ0v) is 16.6. The van der Waals surface area contributed by atoms with Crippen LogP contribution in [0.5, 0.6) is 0 Å². The number of likely N-dealkylation sites (tertiary alicyclic amines) is 1. The topological polar surface area (TPSA) is 26.0 Å². The van der Waals surface area contributed by atoms with Crippen LogP contribution in [0.4, 0.5) is 0 Å². The normalized spacial score (nSPS) is 15.9. The second-order valence-electron chi connectivity index (χ2n) is 7.42. The van der Waals surface area contributed by atoms with Crippen molar-refractivity contribution in [3.05, 3.63) is 71.0 Å². The standard InChI is InChI=1S/C22H26N4S/c1-24-21(20-10-6-3-7-11-20)23-26(22(24)27)17-25-14-12-19(13-15-25)16-18-8-4-2-5-9-18/h2-11,19H,12-17H2,1H3. The smallest absolute Gasteiger partial charge is 0.199 e. The lowest BCUT2D eigenvalue weighted by Crippen LogP contribution is -2.36. The summed E-state index contributed by atoms with van der Waals surface area (Å²) < 4.78 is 4.75. The van der Waals surface area contributed by atoms with Crippen LogP contribution < -0.4 is 0 Å². The monoisotopic (exact) mass is 378 g/mol. The Labute approximate surface area is 166 Å². The molecule has 0 unspecified atom stereocenters. The first kappa shape index (κ1) is 18.1. The van der Waals surface area contributed by atoms with Crippen molar-refractivity contribution in [1.29, 1.82) is 0 Å². The van der Waals surface area contributed by atoms with Crippen molar-refractivity contribution in [3.63, 3.8) is 0 Å². The van der Waals surface area contributed by atoms with E-state index in [1.807, 2.05) is 34.5 Å². The van der Waals surface area contributed by atoms with Gasteiger partial charge in [-0.1, -0.05) is 60.7 Å². The third-order valence-corrected chi connectivity index (χ3v) is 5.97. The second-order valence-corrected chi connectivity index (χ2v) is 7.79. The molecule has 1 saturated heterocycles. The van der Waals surface area contributed by atoms with E-state index in [-0.39, 0.29) is 0 Å². The summed E-state index contributed by atoms with van der Waals surface area (Å²) in [4.78, 5) is 2.47. The molecule has 0 radical (unpaired) electrons. The Kier molecular flexibility index (Phi) is 5.50. The Morgan fingerprint density at radius 2 is 1.59 bits per heavy atom. The maximum absolute atomic E-state index is 5.63. The van der Waals surface area contributed by atoms with Gasteiger partial charge in [0.1, 0.15) is 0 Å². The molecular weight excluding hydrogens is 352 g/mol. The van der Waals surface area contributed by atoms with Gasteiger partial charge in [-0.05, 0) is 43.0 Å². The fourth-order valence-corrected chi connectivity index (χ4v) is 4.07. The number of hydrogen-bond donors (Lipinski definition) is 0. The predicted molar refractivity (Wildman–Crippen MR) is 112 cm³/mol. The largest absolute Gasteiger partial charge is 0.303 e. The lowest BCUT2D eigenvalue weighted by molar-refractivity contribution is 0.140. The Hall–Kier alpha value is -2.24. The number of hydrogen-bond acceptors (Lipinski definition) is 3. The van der Waals surface area contributed by atoms with E-state index < -0.39 is 0 Å². The first-order chi connectivity index (χ1) is 13.2. The number of nitrogens with zero attached hydrogens (tertiary/aromatic N) is 4. The van der Waals surface area contributed by atoms with Crippen LogP contribution in [0.2, 0.25) is 0 Å². The average molecular weight is 379 g/mol. The zero-order chi connectivity index (χ0) is 18.6. The predicted octanol–water partition coefficient (Wildman–Crippen LogP) is 4.53. The fourth-order valence-electron chi connectivity index (χ4n) is 3.89. The van der Waals surface area contributed by atoms with Crippen LogP contribution in [0.1, 0.15) is 18.4 Å². The Morgan fingerprint density at radius 3 is 2.26 bits per heavy atom. The molecule has 0 bridgehead atoms. The summed E-state index contributed by atoms with van der Waals surface area (Å²) in [5.74, 6) is 1.71. The molecule has 4 nitrogen and oxygen atoms in total. The highest BCUT2D eigenvalue weighted by molar-refractivity contribution is 7.71. The molecule has 0 atom stereocenters. The molecular formula is C22H26N4S. The van der Waals surface area contributed by atoms with Crippen molar-refractivity contribution in [2.45, 2.75) is 25.9 Å². The number of piperidine rings is 1. The van der Waals surface area contributed by atoms with Crippen molar-refractivity contribution >= 4 is 12.2 Å². The molecule has 1 aliphatic heterocycles. The summed E-state index contributed by atoms with van der Waals surface area (Å²) in [6.07, 6.45) is 3.66. The molecule has 0 N–H and O–H groups in total. The minimum Gasteiger partial charge on any atom is -0.303 e. The van der Waals surface area contributed by atoms with Gasteiger partial charge >= 0.3 is 0 Å². The van der Waals surface area contributed by atoms with E-state index in [9.17, 15) is 0 Å². The van der Waals surface area contributed by atoms with E-state index in [0.717, 1.165) is 41.8 Å². The van der Waals surface area contributed by atoms with E-state index >= 15 is 0 Å². The fraction of sp³-hybridized carbons (Fsp3) is 0.364. The molecule has 1 fully saturated rings. The summed E-state index contributed by atoms with van der Waals surface area (Å²) >= 11 is 5.63. The summed E-state index contributed by atoms with van der Waals surface area (Å²) in [5.41, 5.74) is 2.56. The van der Waals surface area contributed by atoms with Crippen LogP contribution in [-0.4, -0.2) is 32.3 Å². The summed E-state index contributed by atoms with van der Waals surface area (Å²) in [6.45, 7) is 2.99. The van der Waals surface area contributed by atoms with Crippen LogP contribution in [0.15, 0.2) is 60.7 Å². The van der Waals surface area contributed by atoms with Gasteiger partial charge in [0.2, 0.25) is 0 Å². The number of aromatic nitrogens is 3. The zero-order valence-electron chi connectivity index (χ0n) is 15.8. The molecule has 5 heteroatoms. The molecule has 0 aliphatic carbocycles. The van der Waals surface area contributed by atoms with E-state index in [4.69, 9.17) is 17.3 Å². The van der Waals surface area contributed by atoms with Gasteiger partial charge in [-0.2, -0.15) is 5.10 Å². The average Bonchev–Trinajstić information content (AvgIpc) is 2.99. The van der Waals surface area contributed by atoms with Crippen LogP contribution in [0, 0.1) is 10.7 Å². The van der Waals surface area contributed by atoms with Gasteiger partial charge in [0.15, 0.2) is 10.6 Å². The molecule has 0 amide bonds. The van der Waals surface area contributed by atoms with Gasteiger partial charge < -0.3 is 4.57 Å². The Morgan fingerprint density at radius 1 is 0.963 bits per heavy atom. The third-order valence-electron chi connectivity index (χ3n) is 5.48. The lowest BCUT2D eigenvalue weighted by Gasteiger charge is -2.31. The first-order valence-corrected chi connectivity index (χ1v) is 10.1. The minimum absolute atomic E-state index is 0.775. The van der Waals surface area contributed by atoms with Gasteiger partial charge in [0, 0.05) is 25.7 Å². The van der Waals surface area contributed by atoms with Crippen molar-refractivity contribution in [3.8, 4) is 11.4 Å². The SMILES string of the molecule is Cn1c(-c2ccccc2)nn(CN2CCC(Cc3ccccc3)CC2)c1=S. The molecule has 4 rings (SSSR count). The van der Waals surface area contributed by atoms with Gasteiger partial charge in [-0.3, -0.25) is 4.90 Å². The molecule has 1 aliphatic rings. The molecule has 2 heterocycles. The van der Waals surface area contributed by atoms with Crippen LogP contribution >= 0.6 is 12.2 Å². The molecule has 1 aromatic heterocycles. The van der Waals surface area contributed by atoms with Crippen molar-refractivity contribution < 1.29 is 0 Å². The summed E-state index contributed by atoms with van der Waals surface area (Å²) in [6, 6.07) is 21.1. The maximum atomic E-state index is 5.63. The molecule has 140 valence electrons. The molecule has 27 heavy (non-hydrogen) atoms. The lowest BCUT2D eigenvalue weighted by atomic mass is 9.90. The van der Waals surface area contributed by atoms with Gasteiger partial charge in [-0.25, -0.2) is 4.68 Å². The van der Waals surface area contributed by atoms with Gasteiger partial charge in [-0.15, -0.1) is 0 Å². The molecule has 0 saturated carbocycles. The second kappa shape index (κ2) is 8.19. The van der Waals surface area contributed by atoms with E-state index in [1.54, 1.807) is 0 Å². The van der Waals surface area contributed by atoms with E-state index in [0.29, 0.717) is 0 Å². The van der Waals surface area contributed by atoms with Crippen molar-refractivity contribution in [2.24, 2.45) is 13.0 Å². The van der Waals surface area contributed by atoms with Crippen molar-refractivity contribution in [1.82, 2.24) is 19.2 Å². The van der Waals surface area contributed by atoms with Crippen LogP contribution in [-0.2, 0) is 20.1 Å². The molecule has 0 spiro atoms. The van der Waals surface area contributed by atoms with Crippen LogP contribution in [0.3, 0.4) is 0 Å². The Balaban J connectivity index is 1.39. The number of rotatable bonds is 5. The van der Waals surface area contributed by atoms with Crippen LogP contribution in [0.25, 0.3) is 11.4 Å². The van der Waals surface area contributed by atoms with E-state index in [1.165, 1.54) is 24.8 Å². The quantitative estimate of drug-likeness (QED) is 0.610. The molecule has 2 aromatic carbocycles. The third kappa shape index (κ3) is 4.20. The highest BCUT2D eigenvalue weighted by Gasteiger charge is 2.20. The van der Waals surface area contributed by atoms with Gasteiger partial charge in [0.05, 0.1) is 6.67 Å². The molecule has 3 aromatic rings. The highest BCUT2D eigenvalue weighted by atomic mass is 32.1. The number of benzene rings is 2. The van der Waals surface area contributed by atoms with Crippen molar-refractivity contribution in [2.75, 3.05) is 13.1 Å². The Bertz CT molecular complexity index is 922. The minimum atomic E-state index is 0.775. The first-order valence-electron chi connectivity index (χ1n) is 9.66. The summed E-state index contributed by atoms with van der Waals surface area (Å²) in [7, 11) is 2.00.